The first-order valence-electron chi connectivity index (χ1n) is 28.8. The van der Waals surface area contributed by atoms with Gasteiger partial charge in [-0.1, -0.05) is 254 Å². The lowest BCUT2D eigenvalue weighted by molar-refractivity contribution is 0.791. The molecule has 2 aliphatic carbocycles. The van der Waals surface area contributed by atoms with Crippen LogP contribution in [0.3, 0.4) is 0 Å². The third kappa shape index (κ3) is 8.58. The summed E-state index contributed by atoms with van der Waals surface area (Å²) >= 11 is 0. The molecule has 1 spiro atoms. The van der Waals surface area contributed by atoms with E-state index in [9.17, 15) is 0 Å². The summed E-state index contributed by atoms with van der Waals surface area (Å²) in [6.07, 6.45) is 0. The molecule has 0 aliphatic heterocycles. The van der Waals surface area contributed by atoms with E-state index in [1.54, 1.807) is 0 Å². The zero-order valence-electron chi connectivity index (χ0n) is 46.4. The zero-order chi connectivity index (χ0) is 55.4. The van der Waals surface area contributed by atoms with Gasteiger partial charge in [0.25, 0.3) is 0 Å². The summed E-state index contributed by atoms with van der Waals surface area (Å²) < 4.78 is 0. The Labute approximate surface area is 487 Å². The molecule has 0 atom stereocenters. The fourth-order valence-corrected chi connectivity index (χ4v) is 13.3. The molecular formula is C81H58N2. The van der Waals surface area contributed by atoms with E-state index in [-0.39, 0.29) is 0 Å². The van der Waals surface area contributed by atoms with Gasteiger partial charge in [-0.15, -0.1) is 0 Å². The second kappa shape index (κ2) is 20.5. The highest BCUT2D eigenvalue weighted by Gasteiger charge is 2.52. The van der Waals surface area contributed by atoms with Gasteiger partial charge in [-0.25, -0.2) is 0 Å². The first kappa shape index (κ1) is 49.5. The summed E-state index contributed by atoms with van der Waals surface area (Å²) in [7, 11) is 0. The molecule has 392 valence electrons. The molecule has 0 saturated carbocycles. The van der Waals surface area contributed by atoms with E-state index in [1.807, 2.05) is 0 Å². The molecule has 2 nitrogen and oxygen atoms in total. The first-order chi connectivity index (χ1) is 41.0. The number of benzene rings is 13. The number of anilines is 6. The Balaban J connectivity index is 0.910. The van der Waals surface area contributed by atoms with Crippen molar-refractivity contribution < 1.29 is 0 Å². The maximum Gasteiger partial charge on any atom is 0.0726 e. The molecule has 13 aromatic rings. The van der Waals surface area contributed by atoms with E-state index in [1.165, 1.54) is 111 Å². The van der Waals surface area contributed by atoms with Crippen molar-refractivity contribution in [3.63, 3.8) is 0 Å². The van der Waals surface area contributed by atoms with Gasteiger partial charge < -0.3 is 9.80 Å². The molecule has 0 unspecified atom stereocenters. The zero-order valence-corrected chi connectivity index (χ0v) is 46.4. The van der Waals surface area contributed by atoms with E-state index in [2.05, 4.69) is 339 Å². The van der Waals surface area contributed by atoms with Crippen LogP contribution in [0.4, 0.5) is 34.1 Å². The Hall–Kier alpha value is -10.5. The fraction of sp³-hybridized carbons (Fsp3) is 0.0370. The van der Waals surface area contributed by atoms with Gasteiger partial charge in [-0.2, -0.15) is 0 Å². The first-order valence-corrected chi connectivity index (χ1v) is 28.8. The number of hydrogen-bond acceptors (Lipinski definition) is 2. The van der Waals surface area contributed by atoms with Crippen LogP contribution >= 0.6 is 0 Å². The highest BCUT2D eigenvalue weighted by atomic mass is 15.1. The molecule has 15 rings (SSSR count). The maximum atomic E-state index is 2.52. The van der Waals surface area contributed by atoms with E-state index in [4.69, 9.17) is 0 Å². The molecule has 0 saturated heterocycles. The van der Waals surface area contributed by atoms with Crippen molar-refractivity contribution in [1.29, 1.82) is 0 Å². The van der Waals surface area contributed by atoms with Crippen molar-refractivity contribution in [1.82, 2.24) is 0 Å². The highest BCUT2D eigenvalue weighted by molar-refractivity contribution is 6.01. The molecule has 83 heavy (non-hydrogen) atoms. The Bertz CT molecular complexity index is 4480. The Morgan fingerprint density at radius 1 is 0.205 bits per heavy atom. The highest BCUT2D eigenvalue weighted by Crippen LogP contribution is 2.65. The van der Waals surface area contributed by atoms with Gasteiger partial charge in [0.15, 0.2) is 0 Å². The molecule has 0 amide bonds. The Kier molecular flexibility index (Phi) is 12.2. The minimum absolute atomic E-state index is 0.597. The predicted molar refractivity (Wildman–Crippen MR) is 349 cm³/mol. The average Bonchev–Trinajstić information content (AvgIpc) is 1.72. The van der Waals surface area contributed by atoms with Crippen molar-refractivity contribution in [2.45, 2.75) is 19.3 Å². The van der Waals surface area contributed by atoms with Crippen molar-refractivity contribution in [2.75, 3.05) is 9.80 Å². The minimum atomic E-state index is -0.597. The van der Waals surface area contributed by atoms with Crippen LogP contribution in [0.1, 0.15) is 33.4 Å². The molecule has 0 aromatic heterocycles. The largest absolute Gasteiger partial charge is 0.310 e. The van der Waals surface area contributed by atoms with Gasteiger partial charge in [-0.05, 0) is 187 Å². The summed E-state index contributed by atoms with van der Waals surface area (Å²) in [5.41, 5.74) is 30.7. The van der Waals surface area contributed by atoms with Crippen LogP contribution in [0.25, 0.3) is 77.9 Å². The summed E-state index contributed by atoms with van der Waals surface area (Å²) in [6.45, 7) is 4.49. The molecule has 0 fully saturated rings. The summed E-state index contributed by atoms with van der Waals surface area (Å²) in [5, 5.41) is 0. The smallest absolute Gasteiger partial charge is 0.0726 e. The number of fused-ring (bicyclic) bond motifs is 10. The quantitative estimate of drug-likeness (QED) is 0.127. The molecular weight excluding hydrogens is 1000 g/mol. The van der Waals surface area contributed by atoms with Crippen molar-refractivity contribution in [2.24, 2.45) is 0 Å². The summed E-state index contributed by atoms with van der Waals surface area (Å²) in [5.74, 6) is 0. The molecule has 13 aromatic carbocycles. The van der Waals surface area contributed by atoms with Crippen LogP contribution in [0, 0.1) is 13.8 Å². The fourth-order valence-electron chi connectivity index (χ4n) is 13.3. The van der Waals surface area contributed by atoms with Crippen LogP contribution in [-0.2, 0) is 5.41 Å². The molecule has 2 heteroatoms. The van der Waals surface area contributed by atoms with Crippen LogP contribution in [0.2, 0.25) is 0 Å². The monoisotopic (exact) mass is 1060 g/mol. The van der Waals surface area contributed by atoms with Crippen molar-refractivity contribution in [3.05, 3.63) is 349 Å². The van der Waals surface area contributed by atoms with Crippen LogP contribution in [0.15, 0.2) is 315 Å². The van der Waals surface area contributed by atoms with Gasteiger partial charge in [0, 0.05) is 34.1 Å². The van der Waals surface area contributed by atoms with Gasteiger partial charge in [-0.3, -0.25) is 0 Å². The van der Waals surface area contributed by atoms with E-state index in [0.717, 1.165) is 34.1 Å². The maximum absolute atomic E-state index is 2.52. The number of nitrogens with zero attached hydrogens (tertiary/aromatic N) is 2. The van der Waals surface area contributed by atoms with Crippen LogP contribution < -0.4 is 9.80 Å². The predicted octanol–water partition coefficient (Wildman–Crippen LogP) is 21.9. The normalized spacial score (nSPS) is 12.3. The van der Waals surface area contributed by atoms with Gasteiger partial charge in [0.05, 0.1) is 5.41 Å². The Morgan fingerprint density at radius 2 is 0.542 bits per heavy atom. The van der Waals surface area contributed by atoms with E-state index >= 15 is 0 Å². The molecule has 2 aliphatic rings. The molecule has 0 N–H and O–H groups in total. The van der Waals surface area contributed by atoms with Crippen LogP contribution in [0.5, 0.6) is 0 Å². The lowest BCUT2D eigenvalue weighted by Gasteiger charge is -2.32. The lowest BCUT2D eigenvalue weighted by Crippen LogP contribution is -2.26. The SMILES string of the molecule is Cc1ccc2c(c1)C1(c3cc(C)ccc3-2)c2cc(N(c3ccc(-c4ccccc4)cc3)c3cccc(-c4ccccc4)c3)ccc2-c2c(-c3ccc(N(c4ccc(-c5ccccc5)cc4)c4cccc(-c5ccccc5)c4)cc3)cccc21. The topological polar surface area (TPSA) is 6.48 Å². The van der Waals surface area contributed by atoms with E-state index in [0.29, 0.717) is 0 Å². The van der Waals surface area contributed by atoms with E-state index < -0.39 is 5.41 Å². The standard InChI is InChI=1S/C81H58N2/c1-55-32-47-73-74-48-33-56(2)51-78(74)81(77(73)50-55)76-31-17-30-72(63-38-44-67(45-39-63)82(66-40-34-61(35-41-66)57-18-7-3-8-19-57)69-28-15-26-64(52-69)59-22-11-5-12-23-59)80(76)75-49-46-71(54-79(75)81)83(68-42-36-62(37-43-68)58-20-9-4-10-21-58)70-29-16-27-65(53-70)60-24-13-6-14-25-60/h3-54H,1-2H3. The minimum Gasteiger partial charge on any atom is -0.310 e. The third-order valence-electron chi connectivity index (χ3n) is 17.2. The summed E-state index contributed by atoms with van der Waals surface area (Å²) in [4.78, 5) is 4.84. The third-order valence-corrected chi connectivity index (χ3v) is 17.2. The van der Waals surface area contributed by atoms with Gasteiger partial charge in [0.1, 0.15) is 0 Å². The second-order valence-corrected chi connectivity index (χ2v) is 22.2. The van der Waals surface area contributed by atoms with Crippen molar-refractivity contribution >= 4 is 34.1 Å². The number of rotatable bonds is 11. The summed E-state index contributed by atoms with van der Waals surface area (Å²) in [6, 6.07) is 117. The number of hydrogen-bond donors (Lipinski definition) is 0. The van der Waals surface area contributed by atoms with Crippen LogP contribution in [-0.4, -0.2) is 0 Å². The Morgan fingerprint density at radius 3 is 1.00 bits per heavy atom. The molecule has 0 radical (unpaired) electrons. The van der Waals surface area contributed by atoms with Gasteiger partial charge >= 0.3 is 0 Å². The average molecular weight is 1060 g/mol. The molecule has 0 heterocycles. The second-order valence-electron chi connectivity index (χ2n) is 22.2. The lowest BCUT2D eigenvalue weighted by atomic mass is 9.70. The van der Waals surface area contributed by atoms with Gasteiger partial charge in [0.2, 0.25) is 0 Å². The number of aryl methyl sites for hydroxylation is 2. The molecule has 0 bridgehead atoms. The van der Waals surface area contributed by atoms with Crippen molar-refractivity contribution in [3.8, 4) is 77.9 Å².